The van der Waals surface area contributed by atoms with Gasteiger partial charge in [-0.2, -0.15) is 0 Å². The summed E-state index contributed by atoms with van der Waals surface area (Å²) < 4.78 is 0. The van der Waals surface area contributed by atoms with Crippen molar-refractivity contribution in [3.63, 3.8) is 0 Å². The van der Waals surface area contributed by atoms with Crippen molar-refractivity contribution < 1.29 is 4.79 Å². The van der Waals surface area contributed by atoms with E-state index in [4.69, 9.17) is 5.73 Å². The van der Waals surface area contributed by atoms with E-state index in [1.54, 1.807) is 6.20 Å². The van der Waals surface area contributed by atoms with Crippen LogP contribution in [0, 0.1) is 5.92 Å². The number of pyridine rings is 1. The normalized spacial score (nSPS) is 16.7. The van der Waals surface area contributed by atoms with Crippen LogP contribution in [0.3, 0.4) is 0 Å². The van der Waals surface area contributed by atoms with Crippen LogP contribution >= 0.6 is 0 Å². The monoisotopic (exact) mass is 262 g/mol. The van der Waals surface area contributed by atoms with E-state index in [0.717, 1.165) is 18.9 Å². The number of nitrogens with two attached hydrogens (primary N) is 1. The molecular formula is C14H22N4O. The van der Waals surface area contributed by atoms with Gasteiger partial charge in [-0.15, -0.1) is 0 Å². The van der Waals surface area contributed by atoms with Crippen LogP contribution in [0.25, 0.3) is 0 Å². The van der Waals surface area contributed by atoms with Crippen molar-refractivity contribution in [1.29, 1.82) is 0 Å². The Balaban J connectivity index is 1.96. The highest BCUT2D eigenvalue weighted by molar-refractivity contribution is 5.94. The Morgan fingerprint density at radius 2 is 2.05 bits per heavy atom. The maximum Gasteiger partial charge on any atom is 0.241 e. The van der Waals surface area contributed by atoms with Crippen LogP contribution < -0.4 is 16.0 Å². The molecule has 1 atom stereocenters. The summed E-state index contributed by atoms with van der Waals surface area (Å²) in [4.78, 5) is 18.5. The van der Waals surface area contributed by atoms with E-state index < -0.39 is 6.04 Å². The lowest BCUT2D eigenvalue weighted by Gasteiger charge is -2.17. The van der Waals surface area contributed by atoms with Gasteiger partial charge < -0.3 is 16.0 Å². The van der Waals surface area contributed by atoms with E-state index in [2.05, 4.69) is 15.2 Å². The fraction of sp³-hybridized carbons (Fsp3) is 0.571. The van der Waals surface area contributed by atoms with Gasteiger partial charge in [0.1, 0.15) is 5.82 Å². The number of carbonyl (C=O) groups is 1. The Kier molecular flexibility index (Phi) is 4.37. The Morgan fingerprint density at radius 1 is 1.37 bits per heavy atom. The zero-order valence-corrected chi connectivity index (χ0v) is 11.6. The lowest BCUT2D eigenvalue weighted by atomic mass is 10.1. The van der Waals surface area contributed by atoms with E-state index >= 15 is 0 Å². The first kappa shape index (κ1) is 13.8. The second-order valence-corrected chi connectivity index (χ2v) is 5.36. The van der Waals surface area contributed by atoms with Crippen molar-refractivity contribution in [1.82, 2.24) is 4.98 Å². The third-order valence-corrected chi connectivity index (χ3v) is 3.47. The Bertz CT molecular complexity index is 424. The minimum Gasteiger partial charge on any atom is -0.357 e. The molecule has 1 aromatic heterocycles. The first-order valence-corrected chi connectivity index (χ1v) is 6.85. The highest BCUT2D eigenvalue weighted by Gasteiger charge is 2.18. The molecule has 1 fully saturated rings. The SMILES string of the molecule is CC(C)C(N)C(=O)Nc1ccc(N2CCCC2)nc1. The van der Waals surface area contributed by atoms with Gasteiger partial charge in [0.05, 0.1) is 17.9 Å². The van der Waals surface area contributed by atoms with Gasteiger partial charge in [-0.1, -0.05) is 13.8 Å². The minimum atomic E-state index is -0.488. The average Bonchev–Trinajstić information content (AvgIpc) is 2.92. The summed E-state index contributed by atoms with van der Waals surface area (Å²) in [6.45, 7) is 5.99. The molecule has 2 heterocycles. The molecule has 1 aliphatic rings. The van der Waals surface area contributed by atoms with Crippen molar-refractivity contribution in [2.24, 2.45) is 11.7 Å². The largest absolute Gasteiger partial charge is 0.357 e. The lowest BCUT2D eigenvalue weighted by Crippen LogP contribution is -2.39. The maximum absolute atomic E-state index is 11.8. The molecular weight excluding hydrogens is 240 g/mol. The van der Waals surface area contributed by atoms with Gasteiger partial charge in [0.2, 0.25) is 5.91 Å². The number of hydrogen-bond acceptors (Lipinski definition) is 4. The molecule has 5 nitrogen and oxygen atoms in total. The smallest absolute Gasteiger partial charge is 0.241 e. The molecule has 19 heavy (non-hydrogen) atoms. The lowest BCUT2D eigenvalue weighted by molar-refractivity contribution is -0.118. The van der Waals surface area contributed by atoms with Gasteiger partial charge in [0, 0.05) is 13.1 Å². The molecule has 1 amide bonds. The van der Waals surface area contributed by atoms with E-state index in [1.165, 1.54) is 12.8 Å². The Labute approximate surface area is 114 Å². The summed E-state index contributed by atoms with van der Waals surface area (Å²) in [5.74, 6) is 0.936. The molecule has 0 saturated carbocycles. The summed E-state index contributed by atoms with van der Waals surface area (Å²) in [5, 5.41) is 2.80. The zero-order valence-electron chi connectivity index (χ0n) is 11.6. The molecule has 2 rings (SSSR count). The van der Waals surface area contributed by atoms with Crippen LogP contribution in [0.4, 0.5) is 11.5 Å². The molecule has 104 valence electrons. The summed E-state index contributed by atoms with van der Waals surface area (Å²) in [7, 11) is 0. The minimum absolute atomic E-state index is 0.122. The molecule has 0 aliphatic carbocycles. The molecule has 1 aliphatic heterocycles. The van der Waals surface area contributed by atoms with E-state index in [9.17, 15) is 4.79 Å². The standard InChI is InChI=1S/C14H22N4O/c1-10(2)13(15)14(19)17-11-5-6-12(16-9-11)18-7-3-4-8-18/h5-6,9-10,13H,3-4,7-8,15H2,1-2H3,(H,17,19). The quantitative estimate of drug-likeness (QED) is 0.864. The van der Waals surface area contributed by atoms with Crippen LogP contribution in [0.15, 0.2) is 18.3 Å². The fourth-order valence-electron chi connectivity index (χ4n) is 2.12. The van der Waals surface area contributed by atoms with Crippen LogP contribution in [0.5, 0.6) is 0 Å². The number of hydrogen-bond donors (Lipinski definition) is 2. The number of rotatable bonds is 4. The van der Waals surface area contributed by atoms with Gasteiger partial charge in [0.15, 0.2) is 0 Å². The van der Waals surface area contributed by atoms with Crippen LogP contribution in [-0.2, 0) is 4.79 Å². The second-order valence-electron chi connectivity index (χ2n) is 5.36. The third kappa shape index (κ3) is 3.44. The molecule has 0 radical (unpaired) electrons. The van der Waals surface area contributed by atoms with Crippen molar-refractivity contribution >= 4 is 17.4 Å². The Morgan fingerprint density at radius 3 is 2.58 bits per heavy atom. The number of amides is 1. The molecule has 5 heteroatoms. The van der Waals surface area contributed by atoms with Crippen molar-refractivity contribution in [3.8, 4) is 0 Å². The molecule has 0 bridgehead atoms. The maximum atomic E-state index is 11.8. The number of carbonyl (C=O) groups excluding carboxylic acids is 1. The average molecular weight is 262 g/mol. The highest BCUT2D eigenvalue weighted by Crippen LogP contribution is 2.19. The predicted molar refractivity (Wildman–Crippen MR) is 77.1 cm³/mol. The van der Waals surface area contributed by atoms with Crippen molar-refractivity contribution in [2.45, 2.75) is 32.7 Å². The topological polar surface area (TPSA) is 71.2 Å². The van der Waals surface area contributed by atoms with E-state index in [0.29, 0.717) is 5.69 Å². The summed E-state index contributed by atoms with van der Waals surface area (Å²) >= 11 is 0. The summed E-state index contributed by atoms with van der Waals surface area (Å²) in [6, 6.07) is 3.34. The molecule has 0 aromatic carbocycles. The second kappa shape index (κ2) is 6.02. The Hall–Kier alpha value is -1.62. The van der Waals surface area contributed by atoms with Gasteiger partial charge in [-0.25, -0.2) is 4.98 Å². The predicted octanol–water partition coefficient (Wildman–Crippen LogP) is 1.60. The molecule has 1 unspecified atom stereocenters. The zero-order chi connectivity index (χ0) is 13.8. The van der Waals surface area contributed by atoms with Crippen molar-refractivity contribution in [3.05, 3.63) is 18.3 Å². The van der Waals surface area contributed by atoms with Gasteiger partial charge in [-0.3, -0.25) is 4.79 Å². The molecule has 1 aromatic rings. The van der Waals surface area contributed by atoms with Crippen molar-refractivity contribution in [2.75, 3.05) is 23.3 Å². The number of anilines is 2. The van der Waals surface area contributed by atoms with Gasteiger partial charge in [-0.05, 0) is 30.9 Å². The van der Waals surface area contributed by atoms with E-state index in [1.807, 2.05) is 26.0 Å². The summed E-state index contributed by atoms with van der Waals surface area (Å²) in [5.41, 5.74) is 6.49. The molecule has 3 N–H and O–H groups in total. The first-order valence-electron chi connectivity index (χ1n) is 6.85. The third-order valence-electron chi connectivity index (χ3n) is 3.47. The van der Waals surface area contributed by atoms with Crippen LogP contribution in [-0.4, -0.2) is 30.0 Å². The highest BCUT2D eigenvalue weighted by atomic mass is 16.2. The fourth-order valence-corrected chi connectivity index (χ4v) is 2.12. The van der Waals surface area contributed by atoms with Crippen LogP contribution in [0.1, 0.15) is 26.7 Å². The number of nitrogens with one attached hydrogen (secondary N) is 1. The van der Waals surface area contributed by atoms with Gasteiger partial charge >= 0.3 is 0 Å². The number of aromatic nitrogens is 1. The van der Waals surface area contributed by atoms with Gasteiger partial charge in [0.25, 0.3) is 0 Å². The number of nitrogens with zero attached hydrogens (tertiary/aromatic N) is 2. The summed E-state index contributed by atoms with van der Waals surface area (Å²) in [6.07, 6.45) is 4.14. The molecule has 0 spiro atoms. The molecule has 1 saturated heterocycles. The van der Waals surface area contributed by atoms with E-state index in [-0.39, 0.29) is 11.8 Å². The first-order chi connectivity index (χ1) is 9.08. The van der Waals surface area contributed by atoms with Crippen LogP contribution in [0.2, 0.25) is 0 Å².